The molecule has 0 aliphatic carbocycles. The Morgan fingerprint density at radius 2 is 2.05 bits per heavy atom. The van der Waals surface area contributed by atoms with Gasteiger partial charge in [0.05, 0.1) is 16.4 Å². The van der Waals surface area contributed by atoms with E-state index in [1.54, 1.807) is 11.3 Å². The number of thiazole rings is 1. The molecule has 0 bridgehead atoms. The Morgan fingerprint density at radius 3 is 2.58 bits per heavy atom. The van der Waals surface area contributed by atoms with Crippen LogP contribution in [0.25, 0.3) is 0 Å². The molecule has 0 aromatic carbocycles. The van der Waals surface area contributed by atoms with Crippen molar-refractivity contribution in [1.82, 2.24) is 20.1 Å². The first kappa shape index (κ1) is 14.2. The standard InChI is InChI=1S/C14H22N4S/c1-9(2)18-7-6-13(17-18)8-15-10(3)14-11(4)16-12(5)19-14/h6-7,9-10,15H,8H2,1-5H3. The van der Waals surface area contributed by atoms with Crippen LogP contribution in [0.1, 0.15) is 54.1 Å². The summed E-state index contributed by atoms with van der Waals surface area (Å²) in [5, 5.41) is 9.19. The second-order valence-corrected chi connectivity index (χ2v) is 6.40. The maximum atomic E-state index is 4.54. The van der Waals surface area contributed by atoms with Gasteiger partial charge in [0, 0.05) is 29.7 Å². The van der Waals surface area contributed by atoms with E-state index in [0.29, 0.717) is 12.1 Å². The monoisotopic (exact) mass is 278 g/mol. The highest BCUT2D eigenvalue weighted by atomic mass is 32.1. The molecule has 0 saturated carbocycles. The van der Waals surface area contributed by atoms with Gasteiger partial charge in [-0.05, 0) is 40.7 Å². The van der Waals surface area contributed by atoms with Crippen LogP contribution in [0.3, 0.4) is 0 Å². The molecule has 0 spiro atoms. The molecule has 4 nitrogen and oxygen atoms in total. The number of nitrogens with one attached hydrogen (secondary N) is 1. The highest BCUT2D eigenvalue weighted by molar-refractivity contribution is 7.11. The van der Waals surface area contributed by atoms with Gasteiger partial charge in [-0.3, -0.25) is 4.68 Å². The lowest BCUT2D eigenvalue weighted by Crippen LogP contribution is -2.18. The lowest BCUT2D eigenvalue weighted by atomic mass is 10.2. The van der Waals surface area contributed by atoms with E-state index in [-0.39, 0.29) is 0 Å². The Labute approximate surface area is 118 Å². The Bertz CT molecular complexity index is 541. The molecule has 0 saturated heterocycles. The average molecular weight is 278 g/mol. The van der Waals surface area contributed by atoms with Crippen LogP contribution in [0.4, 0.5) is 0 Å². The first-order valence-corrected chi connectivity index (χ1v) is 7.50. The molecule has 0 fully saturated rings. The van der Waals surface area contributed by atoms with Gasteiger partial charge < -0.3 is 5.32 Å². The maximum Gasteiger partial charge on any atom is 0.0900 e. The fourth-order valence-electron chi connectivity index (χ4n) is 2.06. The molecule has 0 aliphatic rings. The third-order valence-corrected chi connectivity index (χ3v) is 4.37. The summed E-state index contributed by atoms with van der Waals surface area (Å²) >= 11 is 1.77. The van der Waals surface area contributed by atoms with Gasteiger partial charge in [0.1, 0.15) is 0 Å². The van der Waals surface area contributed by atoms with Crippen molar-refractivity contribution in [1.29, 1.82) is 0 Å². The average Bonchev–Trinajstić information content (AvgIpc) is 2.93. The van der Waals surface area contributed by atoms with E-state index >= 15 is 0 Å². The van der Waals surface area contributed by atoms with Crippen molar-refractivity contribution in [3.63, 3.8) is 0 Å². The third-order valence-electron chi connectivity index (χ3n) is 3.11. The van der Waals surface area contributed by atoms with E-state index in [1.165, 1.54) is 4.88 Å². The molecule has 0 radical (unpaired) electrons. The highest BCUT2D eigenvalue weighted by Gasteiger charge is 2.13. The minimum Gasteiger partial charge on any atom is -0.304 e. The molecule has 1 unspecified atom stereocenters. The van der Waals surface area contributed by atoms with Gasteiger partial charge in [0.15, 0.2) is 0 Å². The normalized spacial score (nSPS) is 13.2. The van der Waals surface area contributed by atoms with E-state index in [0.717, 1.165) is 22.9 Å². The first-order valence-electron chi connectivity index (χ1n) is 6.68. The van der Waals surface area contributed by atoms with Crippen molar-refractivity contribution < 1.29 is 0 Å². The van der Waals surface area contributed by atoms with Crippen LogP contribution >= 0.6 is 11.3 Å². The number of rotatable bonds is 5. The Morgan fingerprint density at radius 1 is 1.32 bits per heavy atom. The molecule has 2 aromatic rings. The summed E-state index contributed by atoms with van der Waals surface area (Å²) in [6, 6.07) is 2.80. The smallest absolute Gasteiger partial charge is 0.0900 e. The molecular weight excluding hydrogens is 256 g/mol. The Hall–Kier alpha value is -1.20. The number of aromatic nitrogens is 3. The topological polar surface area (TPSA) is 42.7 Å². The summed E-state index contributed by atoms with van der Waals surface area (Å²) in [6.45, 7) is 11.4. The molecule has 1 N–H and O–H groups in total. The number of hydrogen-bond acceptors (Lipinski definition) is 4. The largest absolute Gasteiger partial charge is 0.304 e. The zero-order valence-electron chi connectivity index (χ0n) is 12.3. The predicted octanol–water partition coefficient (Wildman–Crippen LogP) is 3.39. The molecule has 19 heavy (non-hydrogen) atoms. The fraction of sp³-hybridized carbons (Fsp3) is 0.571. The second kappa shape index (κ2) is 5.84. The lowest BCUT2D eigenvalue weighted by Gasteiger charge is -2.11. The number of nitrogens with zero attached hydrogens (tertiary/aromatic N) is 3. The van der Waals surface area contributed by atoms with Crippen molar-refractivity contribution >= 4 is 11.3 Å². The van der Waals surface area contributed by atoms with Crippen LogP contribution in [0.5, 0.6) is 0 Å². The minimum atomic E-state index is 0.315. The summed E-state index contributed by atoms with van der Waals surface area (Å²) in [4.78, 5) is 5.79. The molecule has 0 aliphatic heterocycles. The number of hydrogen-bond donors (Lipinski definition) is 1. The van der Waals surface area contributed by atoms with Crippen LogP contribution < -0.4 is 5.32 Å². The summed E-state index contributed by atoms with van der Waals surface area (Å²) in [6.07, 6.45) is 2.04. The number of aryl methyl sites for hydroxylation is 2. The molecule has 0 amide bonds. The molecule has 2 aromatic heterocycles. The molecule has 104 valence electrons. The van der Waals surface area contributed by atoms with E-state index in [9.17, 15) is 0 Å². The Kier molecular flexibility index (Phi) is 4.37. The van der Waals surface area contributed by atoms with Crippen LogP contribution in [-0.2, 0) is 6.54 Å². The first-order chi connectivity index (χ1) is 8.97. The van der Waals surface area contributed by atoms with Crippen LogP contribution in [0.15, 0.2) is 12.3 Å². The second-order valence-electron chi connectivity index (χ2n) is 5.17. The maximum absolute atomic E-state index is 4.54. The lowest BCUT2D eigenvalue weighted by molar-refractivity contribution is 0.513. The van der Waals surface area contributed by atoms with Gasteiger partial charge in [0.25, 0.3) is 0 Å². The molecule has 5 heteroatoms. The van der Waals surface area contributed by atoms with Crippen molar-refractivity contribution in [2.45, 2.75) is 53.2 Å². The van der Waals surface area contributed by atoms with Gasteiger partial charge in [-0.25, -0.2) is 4.98 Å². The van der Waals surface area contributed by atoms with Crippen LogP contribution in [0, 0.1) is 13.8 Å². The molecule has 1 atom stereocenters. The van der Waals surface area contributed by atoms with Crippen LogP contribution in [0.2, 0.25) is 0 Å². The molecular formula is C14H22N4S. The third kappa shape index (κ3) is 3.42. The van der Waals surface area contributed by atoms with E-state index in [1.807, 2.05) is 10.9 Å². The van der Waals surface area contributed by atoms with E-state index in [2.05, 4.69) is 56.1 Å². The fourth-order valence-corrected chi connectivity index (χ4v) is 3.01. The summed E-state index contributed by atoms with van der Waals surface area (Å²) in [5.41, 5.74) is 2.22. The predicted molar refractivity (Wildman–Crippen MR) is 79.5 cm³/mol. The van der Waals surface area contributed by atoms with Crippen LogP contribution in [-0.4, -0.2) is 14.8 Å². The van der Waals surface area contributed by atoms with E-state index < -0.39 is 0 Å². The van der Waals surface area contributed by atoms with Gasteiger partial charge in [-0.15, -0.1) is 11.3 Å². The van der Waals surface area contributed by atoms with Gasteiger partial charge in [-0.1, -0.05) is 0 Å². The SMILES string of the molecule is Cc1nc(C)c(C(C)NCc2ccn(C(C)C)n2)s1. The summed E-state index contributed by atoms with van der Waals surface area (Å²) < 4.78 is 1.99. The Balaban J connectivity index is 1.96. The summed E-state index contributed by atoms with van der Waals surface area (Å²) in [5.74, 6) is 0. The van der Waals surface area contributed by atoms with Crippen molar-refractivity contribution in [3.8, 4) is 0 Å². The highest BCUT2D eigenvalue weighted by Crippen LogP contribution is 2.24. The van der Waals surface area contributed by atoms with Gasteiger partial charge in [0.2, 0.25) is 0 Å². The zero-order valence-corrected chi connectivity index (χ0v) is 13.1. The van der Waals surface area contributed by atoms with Crippen molar-refractivity contribution in [3.05, 3.63) is 33.5 Å². The van der Waals surface area contributed by atoms with Gasteiger partial charge in [-0.2, -0.15) is 5.10 Å². The summed E-state index contributed by atoms with van der Waals surface area (Å²) in [7, 11) is 0. The molecule has 2 rings (SSSR count). The minimum absolute atomic E-state index is 0.315. The quantitative estimate of drug-likeness (QED) is 0.911. The molecule has 2 heterocycles. The van der Waals surface area contributed by atoms with E-state index in [4.69, 9.17) is 0 Å². The van der Waals surface area contributed by atoms with Crippen molar-refractivity contribution in [2.75, 3.05) is 0 Å². The van der Waals surface area contributed by atoms with Crippen molar-refractivity contribution in [2.24, 2.45) is 0 Å². The zero-order chi connectivity index (χ0) is 14.0. The van der Waals surface area contributed by atoms with Gasteiger partial charge >= 0.3 is 0 Å².